The van der Waals surface area contributed by atoms with Crippen LogP contribution in [0, 0.1) is 23.0 Å². The van der Waals surface area contributed by atoms with Crippen molar-refractivity contribution in [2.45, 2.75) is 44.1 Å². The summed E-state index contributed by atoms with van der Waals surface area (Å²) in [6.07, 6.45) is -4.57. The van der Waals surface area contributed by atoms with Gasteiger partial charge in [0, 0.05) is 47.8 Å². The van der Waals surface area contributed by atoms with Gasteiger partial charge in [0.15, 0.2) is 17.2 Å². The van der Waals surface area contributed by atoms with Gasteiger partial charge in [-0.25, -0.2) is 4.39 Å². The van der Waals surface area contributed by atoms with Gasteiger partial charge in [-0.2, -0.15) is 17.6 Å². The first-order chi connectivity index (χ1) is 19.7. The molecule has 0 radical (unpaired) electrons. The zero-order valence-electron chi connectivity index (χ0n) is 23.0. The molecule has 0 saturated carbocycles. The van der Waals surface area contributed by atoms with Gasteiger partial charge >= 0.3 is 6.18 Å². The van der Waals surface area contributed by atoms with Gasteiger partial charge in [-0.15, -0.1) is 0 Å². The summed E-state index contributed by atoms with van der Waals surface area (Å²) < 4.78 is 89.0. The highest BCUT2D eigenvalue weighted by Crippen LogP contribution is 2.55. The molecule has 42 heavy (non-hydrogen) atoms. The lowest BCUT2D eigenvalue weighted by Crippen LogP contribution is -2.47. The SMILES string of the molecule is C[C@H]1[C@@H](c2ccc(F)c(F)c2OCCN2CCC3(COC3)C2)[C@H](C(=O)Nc2ccnc(C(N)=O)c2)O[C@@]1(C)C(F)(F)F. The number of benzene rings is 1. The number of primary amides is 1. The van der Waals surface area contributed by atoms with Crippen LogP contribution in [0.25, 0.3) is 0 Å². The Labute approximate surface area is 238 Å². The number of carbonyl (C=O) groups is 2. The Morgan fingerprint density at radius 3 is 2.60 bits per heavy atom. The van der Waals surface area contributed by atoms with Crippen LogP contribution >= 0.6 is 0 Å². The fraction of sp³-hybridized carbons (Fsp3) is 0.536. The number of amides is 2. The summed E-state index contributed by atoms with van der Waals surface area (Å²) in [7, 11) is 0. The molecule has 4 heterocycles. The largest absolute Gasteiger partial charge is 0.489 e. The van der Waals surface area contributed by atoms with E-state index in [4.69, 9.17) is 19.9 Å². The summed E-state index contributed by atoms with van der Waals surface area (Å²) in [6.45, 7) is 5.23. The fourth-order valence-corrected chi connectivity index (χ4v) is 5.96. The van der Waals surface area contributed by atoms with E-state index in [0.717, 1.165) is 44.6 Å². The highest BCUT2D eigenvalue weighted by Gasteiger charge is 2.66. The summed E-state index contributed by atoms with van der Waals surface area (Å²) in [6, 6.07) is 4.37. The summed E-state index contributed by atoms with van der Waals surface area (Å²) >= 11 is 0. The maximum absolute atomic E-state index is 15.2. The average molecular weight is 599 g/mol. The number of carbonyl (C=O) groups excluding carboxylic acids is 2. The van der Waals surface area contributed by atoms with Gasteiger partial charge in [0.1, 0.15) is 18.4 Å². The predicted octanol–water partition coefficient (Wildman–Crippen LogP) is 3.64. The molecule has 228 valence electrons. The smallest absolute Gasteiger partial charge is 0.417 e. The molecule has 3 saturated heterocycles. The summed E-state index contributed by atoms with van der Waals surface area (Å²) in [5, 5.41) is 2.43. The zero-order chi connectivity index (χ0) is 30.4. The summed E-state index contributed by atoms with van der Waals surface area (Å²) in [5.74, 6) is -7.87. The minimum absolute atomic E-state index is 0.0291. The number of hydrogen-bond donors (Lipinski definition) is 2. The van der Waals surface area contributed by atoms with Crippen LogP contribution in [0.2, 0.25) is 0 Å². The number of alkyl halides is 3. The van der Waals surface area contributed by atoms with E-state index in [1.807, 2.05) is 0 Å². The molecule has 9 nitrogen and oxygen atoms in total. The molecule has 2 amide bonds. The molecular formula is C28H31F5N4O5. The van der Waals surface area contributed by atoms with Crippen molar-refractivity contribution in [1.29, 1.82) is 0 Å². The predicted molar refractivity (Wildman–Crippen MR) is 139 cm³/mol. The average Bonchev–Trinajstić information content (AvgIpc) is 3.47. The van der Waals surface area contributed by atoms with Crippen LogP contribution in [0.5, 0.6) is 5.75 Å². The standard InChI is InChI=1S/C28H31F5N4O5/c1-15-20(17-3-4-18(29)21(30)22(17)41-10-9-37-8-6-27(12-37)13-40-14-27)23(42-26(15,2)28(31,32)33)25(39)36-16-5-7-35-19(11-16)24(34)38/h3-5,7,11,15,20,23H,6,8-10,12-14H2,1-2H3,(H2,34,38)(H,35,36,39)/t15-,20-,23+,26+/m0/s1. The van der Waals surface area contributed by atoms with Crippen LogP contribution in [0.4, 0.5) is 27.6 Å². The maximum Gasteiger partial charge on any atom is 0.417 e. The van der Waals surface area contributed by atoms with Crippen molar-refractivity contribution in [1.82, 2.24) is 9.88 Å². The van der Waals surface area contributed by atoms with Crippen LogP contribution < -0.4 is 15.8 Å². The number of nitrogens with zero attached hydrogens (tertiary/aromatic N) is 2. The highest BCUT2D eigenvalue weighted by molar-refractivity contribution is 5.97. The lowest BCUT2D eigenvalue weighted by Gasteiger charge is -2.37. The van der Waals surface area contributed by atoms with Gasteiger partial charge in [0.25, 0.3) is 11.8 Å². The molecule has 4 atom stereocenters. The van der Waals surface area contributed by atoms with Crippen LogP contribution in [0.1, 0.15) is 42.2 Å². The zero-order valence-corrected chi connectivity index (χ0v) is 23.0. The Kier molecular flexibility index (Phi) is 7.92. The van der Waals surface area contributed by atoms with Crippen molar-refractivity contribution in [3.8, 4) is 5.75 Å². The molecule has 3 aliphatic rings. The summed E-state index contributed by atoms with van der Waals surface area (Å²) in [4.78, 5) is 30.8. The lowest BCUT2D eigenvalue weighted by atomic mass is 9.77. The van der Waals surface area contributed by atoms with Crippen molar-refractivity contribution >= 4 is 17.5 Å². The number of likely N-dealkylation sites (tertiary alicyclic amines) is 1. The molecule has 0 bridgehead atoms. The Balaban J connectivity index is 1.43. The summed E-state index contributed by atoms with van der Waals surface area (Å²) in [5.41, 5.74) is 2.23. The maximum atomic E-state index is 15.2. The Hall–Kier alpha value is -3.36. The van der Waals surface area contributed by atoms with Gasteiger partial charge in [-0.05, 0) is 38.1 Å². The molecule has 3 aliphatic heterocycles. The molecule has 1 aromatic carbocycles. The molecule has 1 spiro atoms. The number of aromatic nitrogens is 1. The van der Waals surface area contributed by atoms with Gasteiger partial charge in [0.05, 0.1) is 13.2 Å². The molecule has 2 aromatic rings. The molecule has 0 unspecified atom stereocenters. The van der Waals surface area contributed by atoms with E-state index in [1.165, 1.54) is 19.2 Å². The number of pyridine rings is 1. The van der Waals surface area contributed by atoms with E-state index >= 15 is 4.39 Å². The van der Waals surface area contributed by atoms with Crippen molar-refractivity contribution in [2.75, 3.05) is 44.8 Å². The van der Waals surface area contributed by atoms with E-state index in [1.54, 1.807) is 0 Å². The Morgan fingerprint density at radius 1 is 1.24 bits per heavy atom. The third-order valence-electron chi connectivity index (χ3n) is 8.63. The van der Waals surface area contributed by atoms with Crippen molar-refractivity contribution in [3.63, 3.8) is 0 Å². The molecule has 14 heteroatoms. The highest BCUT2D eigenvalue weighted by atomic mass is 19.4. The second-order valence-corrected chi connectivity index (χ2v) is 11.4. The minimum atomic E-state index is -4.91. The number of hydrogen-bond acceptors (Lipinski definition) is 7. The first kappa shape index (κ1) is 30.1. The number of rotatable bonds is 8. The van der Waals surface area contributed by atoms with E-state index in [0.29, 0.717) is 19.8 Å². The fourth-order valence-electron chi connectivity index (χ4n) is 5.96. The molecule has 1 aromatic heterocycles. The first-order valence-corrected chi connectivity index (χ1v) is 13.5. The minimum Gasteiger partial charge on any atom is -0.489 e. The number of halogens is 5. The van der Waals surface area contributed by atoms with Gasteiger partial charge < -0.3 is 25.3 Å². The third kappa shape index (κ3) is 5.42. The molecule has 3 N–H and O–H groups in total. The Morgan fingerprint density at radius 2 is 1.98 bits per heavy atom. The van der Waals surface area contributed by atoms with Crippen molar-refractivity contribution in [3.05, 3.63) is 53.4 Å². The lowest BCUT2D eigenvalue weighted by molar-refractivity contribution is -0.272. The van der Waals surface area contributed by atoms with E-state index in [2.05, 4.69) is 15.2 Å². The van der Waals surface area contributed by atoms with Gasteiger partial charge in [-0.1, -0.05) is 13.0 Å². The van der Waals surface area contributed by atoms with Crippen LogP contribution in [-0.2, 0) is 14.3 Å². The van der Waals surface area contributed by atoms with Crippen molar-refractivity contribution < 1.29 is 45.8 Å². The topological polar surface area (TPSA) is 116 Å². The number of anilines is 1. The van der Waals surface area contributed by atoms with E-state index in [9.17, 15) is 27.2 Å². The molecule has 3 fully saturated rings. The second-order valence-electron chi connectivity index (χ2n) is 11.4. The third-order valence-corrected chi connectivity index (χ3v) is 8.63. The molecular weight excluding hydrogens is 567 g/mol. The normalized spacial score (nSPS) is 27.2. The van der Waals surface area contributed by atoms with Crippen LogP contribution in [0.15, 0.2) is 30.5 Å². The van der Waals surface area contributed by atoms with Crippen molar-refractivity contribution in [2.24, 2.45) is 17.1 Å². The van der Waals surface area contributed by atoms with E-state index in [-0.39, 0.29) is 29.0 Å². The number of nitrogens with two attached hydrogens (primary N) is 1. The second kappa shape index (κ2) is 11.0. The molecule has 0 aliphatic carbocycles. The number of nitrogens with one attached hydrogen (secondary N) is 1. The Bertz CT molecular complexity index is 1370. The molecule has 5 rings (SSSR count). The van der Waals surface area contributed by atoms with Gasteiger partial charge in [0.2, 0.25) is 5.82 Å². The monoisotopic (exact) mass is 598 g/mol. The number of ether oxygens (including phenoxy) is 3. The van der Waals surface area contributed by atoms with Gasteiger partial charge in [-0.3, -0.25) is 19.5 Å². The quantitative estimate of drug-likeness (QED) is 0.446. The van der Waals surface area contributed by atoms with Crippen LogP contribution in [-0.4, -0.2) is 79.0 Å². The van der Waals surface area contributed by atoms with Crippen LogP contribution in [0.3, 0.4) is 0 Å². The van der Waals surface area contributed by atoms with E-state index < -0.39 is 58.9 Å². The first-order valence-electron chi connectivity index (χ1n) is 13.5.